The van der Waals surface area contributed by atoms with Crippen molar-refractivity contribution in [2.75, 3.05) is 13.6 Å². The van der Waals surface area contributed by atoms with Gasteiger partial charge in [0, 0.05) is 20.1 Å². The van der Waals surface area contributed by atoms with Crippen molar-refractivity contribution in [3.8, 4) is 0 Å². The quantitative estimate of drug-likeness (QED) is 0.930. The summed E-state index contributed by atoms with van der Waals surface area (Å²) in [5, 5.41) is 9.34. The summed E-state index contributed by atoms with van der Waals surface area (Å²) in [4.78, 5) is 26.7. The molecule has 5 nitrogen and oxygen atoms in total. The number of rotatable bonds is 3. The molecule has 0 aromatic heterocycles. The third kappa shape index (κ3) is 2.99. The van der Waals surface area contributed by atoms with Gasteiger partial charge in [-0.1, -0.05) is 12.1 Å². The minimum Gasteiger partial charge on any atom is -0.480 e. The number of carbonyl (C=O) groups excluding carboxylic acids is 1. The average molecular weight is 294 g/mol. The zero-order valence-electron chi connectivity index (χ0n) is 12.2. The second-order valence-corrected chi connectivity index (χ2v) is 5.60. The highest BCUT2D eigenvalue weighted by Gasteiger charge is 2.46. The molecule has 1 N–H and O–H groups in total. The Hall–Kier alpha value is -2.11. The van der Waals surface area contributed by atoms with Crippen molar-refractivity contribution in [1.82, 2.24) is 9.80 Å². The van der Waals surface area contributed by atoms with E-state index in [9.17, 15) is 19.1 Å². The SMILES string of the molecule is CN(Cc1cccc(F)c1)C(=O)N1CCCC1(C)C(=O)O. The molecule has 6 heteroatoms. The van der Waals surface area contributed by atoms with Crippen molar-refractivity contribution in [2.45, 2.75) is 31.8 Å². The molecule has 0 radical (unpaired) electrons. The summed E-state index contributed by atoms with van der Waals surface area (Å²) in [7, 11) is 1.59. The van der Waals surface area contributed by atoms with Crippen molar-refractivity contribution in [3.63, 3.8) is 0 Å². The van der Waals surface area contributed by atoms with Gasteiger partial charge in [0.05, 0.1) is 0 Å². The Kier molecular flexibility index (Phi) is 4.16. The van der Waals surface area contributed by atoms with Crippen LogP contribution >= 0.6 is 0 Å². The van der Waals surface area contributed by atoms with Gasteiger partial charge in [-0.15, -0.1) is 0 Å². The summed E-state index contributed by atoms with van der Waals surface area (Å²) in [6.07, 6.45) is 1.12. The molecule has 114 valence electrons. The van der Waals surface area contributed by atoms with Gasteiger partial charge in [0.1, 0.15) is 11.4 Å². The zero-order valence-corrected chi connectivity index (χ0v) is 12.2. The van der Waals surface area contributed by atoms with E-state index < -0.39 is 11.5 Å². The van der Waals surface area contributed by atoms with Crippen LogP contribution in [0.2, 0.25) is 0 Å². The van der Waals surface area contributed by atoms with Gasteiger partial charge >= 0.3 is 12.0 Å². The fraction of sp³-hybridized carbons (Fsp3) is 0.467. The molecule has 2 amide bonds. The summed E-state index contributed by atoms with van der Waals surface area (Å²) in [6, 6.07) is 5.67. The molecule has 1 heterocycles. The number of carboxylic acids is 1. The Balaban J connectivity index is 2.10. The Morgan fingerprint density at radius 2 is 2.19 bits per heavy atom. The summed E-state index contributed by atoms with van der Waals surface area (Å²) in [5.74, 6) is -1.35. The molecule has 0 aliphatic carbocycles. The Morgan fingerprint density at radius 3 is 2.81 bits per heavy atom. The molecule has 1 fully saturated rings. The number of urea groups is 1. The monoisotopic (exact) mass is 294 g/mol. The van der Waals surface area contributed by atoms with Crippen molar-refractivity contribution >= 4 is 12.0 Å². The van der Waals surface area contributed by atoms with Gasteiger partial charge in [0.15, 0.2) is 0 Å². The van der Waals surface area contributed by atoms with Gasteiger partial charge in [-0.25, -0.2) is 14.0 Å². The van der Waals surface area contributed by atoms with Gasteiger partial charge in [0.2, 0.25) is 0 Å². The van der Waals surface area contributed by atoms with Crippen LogP contribution in [-0.2, 0) is 11.3 Å². The fourth-order valence-electron chi connectivity index (χ4n) is 2.68. The molecule has 1 aromatic carbocycles. The van der Waals surface area contributed by atoms with Crippen molar-refractivity contribution in [2.24, 2.45) is 0 Å². The first-order valence-corrected chi connectivity index (χ1v) is 6.85. The number of amides is 2. The molecule has 2 rings (SSSR count). The van der Waals surface area contributed by atoms with Crippen LogP contribution in [0.3, 0.4) is 0 Å². The van der Waals surface area contributed by atoms with Crippen LogP contribution in [0.1, 0.15) is 25.3 Å². The summed E-state index contributed by atoms with van der Waals surface area (Å²) in [5.41, 5.74) is -0.491. The lowest BCUT2D eigenvalue weighted by molar-refractivity contribution is -0.147. The first kappa shape index (κ1) is 15.3. The van der Waals surface area contributed by atoms with Crippen molar-refractivity contribution < 1.29 is 19.1 Å². The van der Waals surface area contributed by atoms with Crippen LogP contribution in [0.15, 0.2) is 24.3 Å². The van der Waals surface area contributed by atoms with Crippen LogP contribution < -0.4 is 0 Å². The van der Waals surface area contributed by atoms with E-state index in [0.29, 0.717) is 24.9 Å². The highest BCUT2D eigenvalue weighted by Crippen LogP contribution is 2.30. The maximum atomic E-state index is 13.2. The fourth-order valence-corrected chi connectivity index (χ4v) is 2.68. The number of nitrogens with zero attached hydrogens (tertiary/aromatic N) is 2. The standard InChI is InChI=1S/C15H19FN2O3/c1-15(13(19)20)7-4-8-18(15)14(21)17(2)10-11-5-3-6-12(16)9-11/h3,5-6,9H,4,7-8,10H2,1-2H3,(H,19,20). The topological polar surface area (TPSA) is 60.9 Å². The van der Waals surface area contributed by atoms with Crippen LogP contribution in [0, 0.1) is 5.82 Å². The average Bonchev–Trinajstić information content (AvgIpc) is 2.81. The number of likely N-dealkylation sites (tertiary alicyclic amines) is 1. The molecule has 1 aromatic rings. The highest BCUT2D eigenvalue weighted by atomic mass is 19.1. The van der Waals surface area contributed by atoms with E-state index in [4.69, 9.17) is 0 Å². The second-order valence-electron chi connectivity index (χ2n) is 5.60. The van der Waals surface area contributed by atoms with E-state index >= 15 is 0 Å². The molecule has 1 aliphatic heterocycles. The number of aliphatic carboxylic acids is 1. The van der Waals surface area contributed by atoms with E-state index in [-0.39, 0.29) is 18.4 Å². The molecular formula is C15H19FN2O3. The molecule has 1 aliphatic rings. The van der Waals surface area contributed by atoms with Crippen LogP contribution in [0.25, 0.3) is 0 Å². The smallest absolute Gasteiger partial charge is 0.329 e. The molecular weight excluding hydrogens is 275 g/mol. The van der Waals surface area contributed by atoms with Gasteiger partial charge in [0.25, 0.3) is 0 Å². The van der Waals surface area contributed by atoms with Crippen LogP contribution in [0.4, 0.5) is 9.18 Å². The highest BCUT2D eigenvalue weighted by molar-refractivity contribution is 5.86. The van der Waals surface area contributed by atoms with Crippen LogP contribution in [0.5, 0.6) is 0 Å². The third-order valence-corrected chi connectivity index (χ3v) is 3.97. The Bertz CT molecular complexity index is 564. The summed E-state index contributed by atoms with van der Waals surface area (Å²) >= 11 is 0. The molecule has 0 bridgehead atoms. The normalized spacial score (nSPS) is 21.4. The maximum absolute atomic E-state index is 13.2. The molecule has 1 atom stereocenters. The Labute approximate surface area is 123 Å². The molecule has 21 heavy (non-hydrogen) atoms. The minimum atomic E-state index is -1.16. The number of carboxylic acid groups (broad SMARTS) is 1. The van der Waals surface area contributed by atoms with Gasteiger partial charge < -0.3 is 14.9 Å². The number of benzene rings is 1. The number of hydrogen-bond acceptors (Lipinski definition) is 2. The molecule has 1 saturated heterocycles. The summed E-state index contributed by atoms with van der Waals surface area (Å²) in [6.45, 7) is 2.23. The van der Waals surface area contributed by atoms with E-state index in [1.54, 1.807) is 26.1 Å². The van der Waals surface area contributed by atoms with Crippen molar-refractivity contribution in [1.29, 1.82) is 0 Å². The first-order chi connectivity index (χ1) is 9.84. The maximum Gasteiger partial charge on any atom is 0.329 e. The van der Waals surface area contributed by atoms with Crippen molar-refractivity contribution in [3.05, 3.63) is 35.6 Å². The van der Waals surface area contributed by atoms with E-state index in [2.05, 4.69) is 0 Å². The lowest BCUT2D eigenvalue weighted by atomic mass is 10.00. The van der Waals surface area contributed by atoms with E-state index in [1.165, 1.54) is 21.9 Å². The largest absolute Gasteiger partial charge is 0.480 e. The van der Waals surface area contributed by atoms with Gasteiger partial charge in [-0.2, -0.15) is 0 Å². The Morgan fingerprint density at radius 1 is 1.48 bits per heavy atom. The number of hydrogen-bond donors (Lipinski definition) is 1. The van der Waals surface area contributed by atoms with Gasteiger partial charge in [-0.05, 0) is 37.5 Å². The van der Waals surface area contributed by atoms with E-state index in [1.807, 2.05) is 0 Å². The molecule has 1 unspecified atom stereocenters. The lowest BCUT2D eigenvalue weighted by Gasteiger charge is -2.34. The zero-order chi connectivity index (χ0) is 15.6. The predicted octanol–water partition coefficient (Wildman–Crippen LogP) is 2.32. The minimum absolute atomic E-state index is 0.239. The second kappa shape index (κ2) is 5.71. The predicted molar refractivity (Wildman–Crippen MR) is 75.2 cm³/mol. The number of halogens is 1. The molecule has 0 spiro atoms. The number of carbonyl (C=O) groups is 2. The third-order valence-electron chi connectivity index (χ3n) is 3.97. The van der Waals surface area contributed by atoms with Crippen LogP contribution in [-0.4, -0.2) is 46.0 Å². The first-order valence-electron chi connectivity index (χ1n) is 6.85. The summed E-state index contributed by atoms with van der Waals surface area (Å²) < 4.78 is 13.2. The van der Waals surface area contributed by atoms with Gasteiger partial charge in [-0.3, -0.25) is 0 Å². The molecule has 0 saturated carbocycles. The lowest BCUT2D eigenvalue weighted by Crippen LogP contribution is -2.54. The van der Waals surface area contributed by atoms with E-state index in [0.717, 1.165) is 0 Å².